The lowest BCUT2D eigenvalue weighted by Crippen LogP contribution is -2.49. The van der Waals surface area contributed by atoms with Crippen LogP contribution in [0.25, 0.3) is 0 Å². The largest absolute Gasteiger partial charge is 0.314 e. The van der Waals surface area contributed by atoms with E-state index < -0.39 is 4.92 Å². The zero-order valence-electron chi connectivity index (χ0n) is 10.2. The van der Waals surface area contributed by atoms with Gasteiger partial charge in [0, 0.05) is 38.3 Å². The van der Waals surface area contributed by atoms with Gasteiger partial charge < -0.3 is 5.32 Å². The van der Waals surface area contributed by atoms with E-state index in [4.69, 9.17) is 11.6 Å². The molecule has 0 spiro atoms. The Hall–Kier alpha value is -1.17. The van der Waals surface area contributed by atoms with Crippen LogP contribution in [0.15, 0.2) is 18.2 Å². The van der Waals surface area contributed by atoms with Crippen molar-refractivity contribution in [3.63, 3.8) is 0 Å². The van der Waals surface area contributed by atoms with Crippen LogP contribution in [-0.4, -0.2) is 35.5 Å². The van der Waals surface area contributed by atoms with E-state index in [1.165, 1.54) is 0 Å². The lowest BCUT2D eigenvalue weighted by atomic mass is 10.1. The summed E-state index contributed by atoms with van der Waals surface area (Å²) in [7, 11) is 0. The number of halogens is 1. The molecule has 1 aromatic carbocycles. The maximum Gasteiger partial charge on any atom is 0.288 e. The van der Waals surface area contributed by atoms with Crippen LogP contribution in [-0.2, 0) is 6.54 Å². The van der Waals surface area contributed by atoms with Crippen molar-refractivity contribution in [3.8, 4) is 0 Å². The third kappa shape index (κ3) is 2.98. The summed E-state index contributed by atoms with van der Waals surface area (Å²) in [6.45, 7) is 5.74. The predicted molar refractivity (Wildman–Crippen MR) is 70.8 cm³/mol. The zero-order chi connectivity index (χ0) is 13.1. The molecule has 0 radical (unpaired) electrons. The van der Waals surface area contributed by atoms with Gasteiger partial charge in [-0.1, -0.05) is 17.7 Å². The van der Waals surface area contributed by atoms with Crippen LogP contribution in [0, 0.1) is 10.1 Å². The standard InChI is InChI=1S/C12H16ClN3O2/c1-9-7-14-4-5-15(9)8-10-2-3-11(13)12(6-10)16(17)18/h2-3,6,9,14H,4-5,7-8H2,1H3/t9-/m0/s1. The van der Waals surface area contributed by atoms with Crippen molar-refractivity contribution < 1.29 is 4.92 Å². The Kier molecular flexibility index (Phi) is 4.16. The number of nitro benzene ring substituents is 1. The highest BCUT2D eigenvalue weighted by Gasteiger charge is 2.19. The van der Waals surface area contributed by atoms with Crippen LogP contribution in [0.1, 0.15) is 12.5 Å². The first-order valence-corrected chi connectivity index (χ1v) is 6.33. The summed E-state index contributed by atoms with van der Waals surface area (Å²) in [5.41, 5.74) is 0.914. The number of piperazine rings is 1. The van der Waals surface area contributed by atoms with Gasteiger partial charge in [0.05, 0.1) is 4.92 Å². The smallest absolute Gasteiger partial charge is 0.288 e. The molecule has 0 amide bonds. The average Bonchev–Trinajstić information content (AvgIpc) is 2.34. The molecule has 1 aliphatic heterocycles. The molecule has 0 aromatic heterocycles. The van der Waals surface area contributed by atoms with E-state index in [0.29, 0.717) is 6.04 Å². The van der Waals surface area contributed by atoms with Gasteiger partial charge in [-0.05, 0) is 18.6 Å². The SMILES string of the molecule is C[C@H]1CNCCN1Cc1ccc(Cl)c([N+](=O)[O-])c1. The minimum Gasteiger partial charge on any atom is -0.314 e. The first-order chi connectivity index (χ1) is 8.58. The topological polar surface area (TPSA) is 58.4 Å². The van der Waals surface area contributed by atoms with Gasteiger partial charge in [-0.25, -0.2) is 0 Å². The first kappa shape index (κ1) is 13.3. The summed E-state index contributed by atoms with van der Waals surface area (Å²) < 4.78 is 0. The second kappa shape index (κ2) is 5.65. The van der Waals surface area contributed by atoms with E-state index in [1.807, 2.05) is 6.07 Å². The number of nitrogens with one attached hydrogen (secondary N) is 1. The number of hydrogen-bond donors (Lipinski definition) is 1. The molecule has 0 saturated carbocycles. The second-order valence-electron chi connectivity index (χ2n) is 4.57. The summed E-state index contributed by atoms with van der Waals surface area (Å²) in [6.07, 6.45) is 0. The predicted octanol–water partition coefficient (Wildman–Crippen LogP) is 2.04. The van der Waals surface area contributed by atoms with Crippen molar-refractivity contribution in [3.05, 3.63) is 38.9 Å². The third-order valence-corrected chi connectivity index (χ3v) is 3.55. The fourth-order valence-electron chi connectivity index (χ4n) is 2.15. The molecule has 1 saturated heterocycles. The fourth-order valence-corrected chi connectivity index (χ4v) is 2.34. The molecular weight excluding hydrogens is 254 g/mol. The quantitative estimate of drug-likeness (QED) is 0.674. The lowest BCUT2D eigenvalue weighted by molar-refractivity contribution is -0.384. The van der Waals surface area contributed by atoms with E-state index >= 15 is 0 Å². The molecule has 98 valence electrons. The molecule has 1 aliphatic rings. The van der Waals surface area contributed by atoms with Crippen molar-refractivity contribution in [1.82, 2.24) is 10.2 Å². The van der Waals surface area contributed by atoms with Gasteiger partial charge in [-0.2, -0.15) is 0 Å². The highest BCUT2D eigenvalue weighted by Crippen LogP contribution is 2.26. The van der Waals surface area contributed by atoms with Crippen LogP contribution in [0.4, 0.5) is 5.69 Å². The van der Waals surface area contributed by atoms with Crippen molar-refractivity contribution in [2.75, 3.05) is 19.6 Å². The summed E-state index contributed by atoms with van der Waals surface area (Å²) in [5.74, 6) is 0. The van der Waals surface area contributed by atoms with Gasteiger partial charge in [0.25, 0.3) is 5.69 Å². The van der Waals surface area contributed by atoms with E-state index in [0.717, 1.165) is 31.7 Å². The van der Waals surface area contributed by atoms with E-state index in [2.05, 4.69) is 17.1 Å². The molecule has 0 aliphatic carbocycles. The Balaban J connectivity index is 2.14. The Labute approximate surface area is 111 Å². The molecule has 1 atom stereocenters. The van der Waals surface area contributed by atoms with E-state index in [9.17, 15) is 10.1 Å². The number of hydrogen-bond acceptors (Lipinski definition) is 4. The van der Waals surface area contributed by atoms with Gasteiger partial charge in [-0.15, -0.1) is 0 Å². The van der Waals surface area contributed by atoms with Gasteiger partial charge in [0.1, 0.15) is 5.02 Å². The number of nitro groups is 1. The Bertz CT molecular complexity index is 453. The number of benzene rings is 1. The van der Waals surface area contributed by atoms with Crippen LogP contribution >= 0.6 is 11.6 Å². The lowest BCUT2D eigenvalue weighted by Gasteiger charge is -2.33. The monoisotopic (exact) mass is 269 g/mol. The van der Waals surface area contributed by atoms with Gasteiger partial charge in [-0.3, -0.25) is 15.0 Å². The van der Waals surface area contributed by atoms with Crippen LogP contribution in [0.2, 0.25) is 5.02 Å². The molecule has 0 bridgehead atoms. The summed E-state index contributed by atoms with van der Waals surface area (Å²) >= 11 is 5.80. The Morgan fingerprint density at radius 3 is 3.06 bits per heavy atom. The molecule has 0 unspecified atom stereocenters. The minimum atomic E-state index is -0.437. The van der Waals surface area contributed by atoms with Crippen molar-refractivity contribution in [1.29, 1.82) is 0 Å². The average molecular weight is 270 g/mol. The van der Waals surface area contributed by atoms with Gasteiger partial charge in [0.15, 0.2) is 0 Å². The molecule has 1 N–H and O–H groups in total. The van der Waals surface area contributed by atoms with Crippen molar-refractivity contribution in [2.24, 2.45) is 0 Å². The third-order valence-electron chi connectivity index (χ3n) is 3.23. The van der Waals surface area contributed by atoms with Crippen molar-refractivity contribution in [2.45, 2.75) is 19.5 Å². The first-order valence-electron chi connectivity index (χ1n) is 5.95. The highest BCUT2D eigenvalue weighted by molar-refractivity contribution is 6.32. The summed E-state index contributed by atoms with van der Waals surface area (Å²) in [6, 6.07) is 5.46. The summed E-state index contributed by atoms with van der Waals surface area (Å²) in [4.78, 5) is 12.7. The molecule has 6 heteroatoms. The number of rotatable bonds is 3. The summed E-state index contributed by atoms with van der Waals surface area (Å²) in [5, 5.41) is 14.3. The second-order valence-corrected chi connectivity index (χ2v) is 4.97. The molecule has 1 fully saturated rings. The Morgan fingerprint density at radius 2 is 2.39 bits per heavy atom. The van der Waals surface area contributed by atoms with Gasteiger partial charge >= 0.3 is 0 Å². The normalized spacial score (nSPS) is 20.9. The van der Waals surface area contributed by atoms with E-state index in [1.54, 1.807) is 12.1 Å². The minimum absolute atomic E-state index is 0.0167. The number of nitrogens with zero attached hydrogens (tertiary/aromatic N) is 2. The van der Waals surface area contributed by atoms with E-state index in [-0.39, 0.29) is 10.7 Å². The maximum atomic E-state index is 10.8. The molecule has 2 rings (SSSR count). The molecule has 18 heavy (non-hydrogen) atoms. The van der Waals surface area contributed by atoms with Crippen LogP contribution < -0.4 is 5.32 Å². The fraction of sp³-hybridized carbons (Fsp3) is 0.500. The molecular formula is C12H16ClN3O2. The highest BCUT2D eigenvalue weighted by atomic mass is 35.5. The maximum absolute atomic E-state index is 10.8. The van der Waals surface area contributed by atoms with Gasteiger partial charge in [0.2, 0.25) is 0 Å². The van der Waals surface area contributed by atoms with Crippen LogP contribution in [0.5, 0.6) is 0 Å². The zero-order valence-corrected chi connectivity index (χ0v) is 11.0. The van der Waals surface area contributed by atoms with Crippen molar-refractivity contribution >= 4 is 17.3 Å². The molecule has 5 nitrogen and oxygen atoms in total. The molecule has 1 heterocycles. The Morgan fingerprint density at radius 1 is 1.61 bits per heavy atom. The molecule has 1 aromatic rings. The van der Waals surface area contributed by atoms with Crippen LogP contribution in [0.3, 0.4) is 0 Å².